The largest absolute Gasteiger partial charge is 0.490 e. The molecule has 0 aliphatic rings. The number of hydrogen-bond donors (Lipinski definition) is 1. The number of nitriles is 2. The maximum atomic E-state index is 9.09. The van der Waals surface area contributed by atoms with Gasteiger partial charge >= 0.3 is 0 Å². The van der Waals surface area contributed by atoms with Gasteiger partial charge in [-0.25, -0.2) is 0 Å². The van der Waals surface area contributed by atoms with Crippen LogP contribution in [0.3, 0.4) is 0 Å². The van der Waals surface area contributed by atoms with Crippen LogP contribution in [0.15, 0.2) is 18.2 Å². The molecular weight excluding hydrogens is 340 g/mol. The number of aliphatic hydroxyl groups is 1. The van der Waals surface area contributed by atoms with E-state index in [4.69, 9.17) is 39.3 Å². The van der Waals surface area contributed by atoms with Gasteiger partial charge in [0.1, 0.15) is 30.1 Å². The van der Waals surface area contributed by atoms with Crippen molar-refractivity contribution >= 4 is 0 Å². The van der Waals surface area contributed by atoms with Crippen LogP contribution in [0.25, 0.3) is 0 Å². The van der Waals surface area contributed by atoms with Crippen molar-refractivity contribution in [3.8, 4) is 17.9 Å². The third kappa shape index (κ3) is 9.33. The molecule has 0 fully saturated rings. The van der Waals surface area contributed by atoms with Crippen LogP contribution in [0, 0.1) is 22.7 Å². The minimum Gasteiger partial charge on any atom is -0.490 e. The second-order valence-electron chi connectivity index (χ2n) is 4.92. The highest BCUT2D eigenvalue weighted by molar-refractivity contribution is 5.53. The molecule has 8 nitrogen and oxygen atoms in total. The maximum absolute atomic E-state index is 9.09. The van der Waals surface area contributed by atoms with Crippen molar-refractivity contribution in [1.82, 2.24) is 0 Å². The van der Waals surface area contributed by atoms with Crippen molar-refractivity contribution in [2.75, 3.05) is 66.1 Å². The Balaban J connectivity index is 1.98. The van der Waals surface area contributed by atoms with Gasteiger partial charge < -0.3 is 28.8 Å². The van der Waals surface area contributed by atoms with E-state index in [1.165, 1.54) is 0 Å². The summed E-state index contributed by atoms with van der Waals surface area (Å²) in [7, 11) is 0. The van der Waals surface area contributed by atoms with Crippen molar-refractivity contribution in [2.45, 2.75) is 0 Å². The average Bonchev–Trinajstić information content (AvgIpc) is 2.67. The van der Waals surface area contributed by atoms with Crippen LogP contribution >= 0.6 is 0 Å². The Morgan fingerprint density at radius 1 is 0.731 bits per heavy atom. The van der Waals surface area contributed by atoms with Crippen LogP contribution in [-0.4, -0.2) is 71.2 Å². The van der Waals surface area contributed by atoms with Gasteiger partial charge in [-0.1, -0.05) is 6.07 Å². The lowest BCUT2D eigenvalue weighted by Crippen LogP contribution is -2.14. The fraction of sp³-hybridized carbons (Fsp3) is 0.556. The van der Waals surface area contributed by atoms with E-state index in [-0.39, 0.29) is 18.8 Å². The van der Waals surface area contributed by atoms with Crippen LogP contribution in [-0.2, 0) is 18.9 Å². The summed E-state index contributed by atoms with van der Waals surface area (Å²) in [6, 6.07) is 8.83. The van der Waals surface area contributed by atoms with Crippen LogP contribution in [0.1, 0.15) is 11.1 Å². The van der Waals surface area contributed by atoms with Gasteiger partial charge in [0.05, 0.1) is 65.0 Å². The van der Waals surface area contributed by atoms with Gasteiger partial charge in [0, 0.05) is 0 Å². The number of nitrogens with zero attached hydrogens (tertiary/aromatic N) is 2. The molecule has 8 heteroatoms. The summed E-state index contributed by atoms with van der Waals surface area (Å²) in [4.78, 5) is 0. The first-order chi connectivity index (χ1) is 12.8. The van der Waals surface area contributed by atoms with Crippen LogP contribution in [0.2, 0.25) is 0 Å². The molecule has 0 saturated heterocycles. The van der Waals surface area contributed by atoms with E-state index in [2.05, 4.69) is 0 Å². The molecule has 0 unspecified atom stereocenters. The van der Waals surface area contributed by atoms with Crippen molar-refractivity contribution in [3.63, 3.8) is 0 Å². The molecule has 0 amide bonds. The smallest absolute Gasteiger partial charge is 0.138 e. The number of ether oxygens (including phenoxy) is 5. The van der Waals surface area contributed by atoms with E-state index in [1.807, 2.05) is 12.1 Å². The SMILES string of the molecule is N#Cc1cccc(OCCOCCOCCOCCOCCO)c1C#N. The van der Waals surface area contributed by atoms with E-state index in [0.717, 1.165) is 0 Å². The molecule has 1 rings (SSSR count). The molecule has 0 saturated carbocycles. The van der Waals surface area contributed by atoms with Crippen LogP contribution in [0.4, 0.5) is 0 Å². The molecule has 0 bridgehead atoms. The zero-order chi connectivity index (χ0) is 18.9. The molecule has 142 valence electrons. The fourth-order valence-corrected chi connectivity index (χ4v) is 1.90. The number of hydrogen-bond acceptors (Lipinski definition) is 8. The summed E-state index contributed by atoms with van der Waals surface area (Å²) >= 11 is 0. The van der Waals surface area contributed by atoms with Crippen molar-refractivity contribution in [1.29, 1.82) is 10.5 Å². The molecule has 1 N–H and O–H groups in total. The topological polar surface area (TPSA) is 114 Å². The first-order valence-electron chi connectivity index (χ1n) is 8.31. The van der Waals surface area contributed by atoms with E-state index < -0.39 is 0 Å². The van der Waals surface area contributed by atoms with Gasteiger partial charge in [-0.3, -0.25) is 0 Å². The summed E-state index contributed by atoms with van der Waals surface area (Å²) in [6.07, 6.45) is 0. The predicted molar refractivity (Wildman–Crippen MR) is 91.7 cm³/mol. The highest BCUT2D eigenvalue weighted by Gasteiger charge is 2.08. The third-order valence-corrected chi connectivity index (χ3v) is 3.10. The normalized spacial score (nSPS) is 10.3. The Kier molecular flexibility index (Phi) is 12.7. The summed E-state index contributed by atoms with van der Waals surface area (Å²) in [6.45, 7) is 3.68. The minimum absolute atomic E-state index is 0.0138. The lowest BCUT2D eigenvalue weighted by molar-refractivity contribution is -0.00780. The second kappa shape index (κ2) is 15.1. The summed E-state index contributed by atoms with van der Waals surface area (Å²) in [5.74, 6) is 0.381. The van der Waals surface area contributed by atoms with Crippen LogP contribution < -0.4 is 4.74 Å². The van der Waals surface area contributed by atoms with E-state index in [1.54, 1.807) is 18.2 Å². The summed E-state index contributed by atoms with van der Waals surface area (Å²) in [5.41, 5.74) is 0.529. The van der Waals surface area contributed by atoms with Crippen LogP contribution in [0.5, 0.6) is 5.75 Å². The van der Waals surface area contributed by atoms with Gasteiger partial charge in [0.25, 0.3) is 0 Å². The molecule has 26 heavy (non-hydrogen) atoms. The van der Waals surface area contributed by atoms with E-state index >= 15 is 0 Å². The first kappa shape index (κ1) is 21.8. The molecular formula is C18H24N2O6. The molecule has 0 aliphatic carbocycles. The molecule has 1 aromatic rings. The van der Waals surface area contributed by atoms with Crippen molar-refractivity contribution in [2.24, 2.45) is 0 Å². The predicted octanol–water partition coefficient (Wildman–Crippen LogP) is 0.867. The second-order valence-corrected chi connectivity index (χ2v) is 4.92. The minimum atomic E-state index is 0.0138. The molecule has 0 heterocycles. The van der Waals surface area contributed by atoms with Gasteiger partial charge in [-0.15, -0.1) is 0 Å². The first-order valence-corrected chi connectivity index (χ1v) is 8.31. The standard InChI is InChI=1S/C18H24N2O6/c19-14-16-2-1-3-18(17(16)15-20)26-13-12-25-11-10-24-9-8-23-7-6-22-5-4-21/h1-3,21H,4-13H2. The molecule has 1 aromatic carbocycles. The average molecular weight is 364 g/mol. The van der Waals surface area contributed by atoms with Crippen molar-refractivity contribution in [3.05, 3.63) is 29.3 Å². The zero-order valence-electron chi connectivity index (χ0n) is 14.7. The lowest BCUT2D eigenvalue weighted by atomic mass is 10.1. The number of aliphatic hydroxyl groups excluding tert-OH is 1. The Morgan fingerprint density at radius 2 is 1.27 bits per heavy atom. The molecule has 0 radical (unpaired) electrons. The van der Waals surface area contributed by atoms with E-state index in [9.17, 15) is 0 Å². The van der Waals surface area contributed by atoms with E-state index in [0.29, 0.717) is 64.2 Å². The molecule has 0 aliphatic heterocycles. The Morgan fingerprint density at radius 3 is 1.77 bits per heavy atom. The third-order valence-electron chi connectivity index (χ3n) is 3.10. The van der Waals surface area contributed by atoms with Gasteiger partial charge in [0.15, 0.2) is 0 Å². The summed E-state index contributed by atoms with van der Waals surface area (Å²) < 4.78 is 26.5. The quantitative estimate of drug-likeness (QED) is 0.456. The van der Waals surface area contributed by atoms with Gasteiger partial charge in [0.2, 0.25) is 0 Å². The molecule has 0 aromatic heterocycles. The monoisotopic (exact) mass is 364 g/mol. The fourth-order valence-electron chi connectivity index (χ4n) is 1.90. The van der Waals surface area contributed by atoms with Crippen molar-refractivity contribution < 1.29 is 28.8 Å². The van der Waals surface area contributed by atoms with Gasteiger partial charge in [-0.2, -0.15) is 10.5 Å². The summed E-state index contributed by atoms with van der Waals surface area (Å²) in [5, 5.41) is 26.6. The highest BCUT2D eigenvalue weighted by Crippen LogP contribution is 2.20. The zero-order valence-corrected chi connectivity index (χ0v) is 14.7. The Labute approximate surface area is 153 Å². The lowest BCUT2D eigenvalue weighted by Gasteiger charge is -2.09. The number of benzene rings is 1. The molecule has 0 spiro atoms. The maximum Gasteiger partial charge on any atom is 0.138 e. The van der Waals surface area contributed by atoms with Gasteiger partial charge in [-0.05, 0) is 12.1 Å². The highest BCUT2D eigenvalue weighted by atomic mass is 16.6. The Hall–Kier alpha value is -2.20. The number of rotatable bonds is 15. The molecule has 0 atom stereocenters. The Bertz CT molecular complexity index is 582.